The van der Waals surface area contributed by atoms with Crippen molar-refractivity contribution in [3.63, 3.8) is 0 Å². The lowest BCUT2D eigenvalue weighted by Crippen LogP contribution is -2.46. The lowest BCUT2D eigenvalue weighted by molar-refractivity contribution is -0.159. The molecule has 3 rings (SSSR count). The largest absolute Gasteiger partial charge is 0.481 e. The number of hydrogen-bond donors (Lipinski definition) is 2. The Bertz CT molecular complexity index is 651. The molecule has 0 saturated carbocycles. The maximum atomic E-state index is 12.9. The minimum absolute atomic E-state index is 0.0741. The van der Waals surface area contributed by atoms with Crippen LogP contribution in [0.5, 0.6) is 0 Å². The van der Waals surface area contributed by atoms with Crippen molar-refractivity contribution >= 4 is 29.2 Å². The quantitative estimate of drug-likeness (QED) is 0.880. The summed E-state index contributed by atoms with van der Waals surface area (Å²) in [5.74, 6) is -1.17. The van der Waals surface area contributed by atoms with Gasteiger partial charge in [-0.25, -0.2) is 0 Å². The van der Waals surface area contributed by atoms with Gasteiger partial charge in [0, 0.05) is 37.5 Å². The van der Waals surface area contributed by atoms with Crippen molar-refractivity contribution in [2.45, 2.75) is 6.42 Å². The molecular weight excluding hydrogens is 320 g/mol. The number of amides is 1. The Morgan fingerprint density at radius 3 is 2.91 bits per heavy atom. The van der Waals surface area contributed by atoms with E-state index in [9.17, 15) is 14.7 Å². The molecule has 0 aromatic heterocycles. The Balaban J connectivity index is 1.90. The summed E-state index contributed by atoms with van der Waals surface area (Å²) < 4.78 is 5.39. The summed E-state index contributed by atoms with van der Waals surface area (Å²) in [6, 6.07) is 5.07. The lowest BCUT2D eigenvalue weighted by Gasteiger charge is -2.33. The van der Waals surface area contributed by atoms with Crippen LogP contribution in [0.15, 0.2) is 18.2 Å². The molecule has 0 radical (unpaired) electrons. The first kappa shape index (κ1) is 16.1. The van der Waals surface area contributed by atoms with Crippen molar-refractivity contribution in [3.05, 3.63) is 28.8 Å². The van der Waals surface area contributed by atoms with E-state index >= 15 is 0 Å². The number of carbonyl (C=O) groups is 2. The van der Waals surface area contributed by atoms with Crippen molar-refractivity contribution < 1.29 is 19.4 Å². The highest BCUT2D eigenvalue weighted by atomic mass is 35.5. The second-order valence-corrected chi connectivity index (χ2v) is 6.56. The highest BCUT2D eigenvalue weighted by Gasteiger charge is 2.55. The molecule has 23 heavy (non-hydrogen) atoms. The molecule has 1 amide bonds. The minimum Gasteiger partial charge on any atom is -0.481 e. The first-order valence-electron chi connectivity index (χ1n) is 7.55. The van der Waals surface area contributed by atoms with Crippen LogP contribution in [0.4, 0.5) is 5.69 Å². The molecule has 2 aliphatic rings. The summed E-state index contributed by atoms with van der Waals surface area (Å²) in [7, 11) is 1.73. The molecule has 0 unspecified atom stereocenters. The fraction of sp³-hybridized carbons (Fsp3) is 0.500. The second kappa shape index (κ2) is 6.02. The first-order chi connectivity index (χ1) is 11.0. The fourth-order valence-electron chi connectivity index (χ4n) is 3.53. The number of carbonyl (C=O) groups excluding carboxylic acids is 1. The van der Waals surface area contributed by atoms with E-state index in [4.69, 9.17) is 16.3 Å². The number of likely N-dealkylation sites (tertiary alicyclic amines) is 1. The average molecular weight is 339 g/mol. The standard InChI is InChI=1S/C16H19ClN2O4/c1-18-13-3-2-11(17)6-12(13)14(20)19-7-10-4-5-23-9-16(10,8-19)15(21)22/h2-3,6,10,18H,4-5,7-9H2,1H3,(H,21,22)/t10-,16+/m0/s1. The van der Waals surface area contributed by atoms with Gasteiger partial charge in [0.25, 0.3) is 5.91 Å². The van der Waals surface area contributed by atoms with Crippen LogP contribution in [0.1, 0.15) is 16.8 Å². The van der Waals surface area contributed by atoms with Gasteiger partial charge < -0.3 is 20.1 Å². The first-order valence-corrected chi connectivity index (χ1v) is 7.93. The average Bonchev–Trinajstić information content (AvgIpc) is 2.95. The zero-order valence-corrected chi connectivity index (χ0v) is 13.6. The molecule has 1 aromatic rings. The van der Waals surface area contributed by atoms with Gasteiger partial charge in [-0.1, -0.05) is 11.6 Å². The molecule has 0 aliphatic carbocycles. The van der Waals surface area contributed by atoms with Crippen LogP contribution in [0.25, 0.3) is 0 Å². The van der Waals surface area contributed by atoms with Crippen LogP contribution in [0, 0.1) is 11.3 Å². The number of benzene rings is 1. The smallest absolute Gasteiger partial charge is 0.314 e. The van der Waals surface area contributed by atoms with Gasteiger partial charge in [0.05, 0.1) is 12.2 Å². The van der Waals surface area contributed by atoms with Crippen molar-refractivity contribution in [3.8, 4) is 0 Å². The highest BCUT2D eigenvalue weighted by Crippen LogP contribution is 2.42. The molecule has 2 N–H and O–H groups in total. The van der Waals surface area contributed by atoms with Crippen LogP contribution in [-0.4, -0.2) is 55.2 Å². The van der Waals surface area contributed by atoms with E-state index in [1.54, 1.807) is 30.1 Å². The molecule has 2 heterocycles. The maximum absolute atomic E-state index is 12.9. The zero-order valence-electron chi connectivity index (χ0n) is 12.8. The second-order valence-electron chi connectivity index (χ2n) is 6.13. The number of aliphatic carboxylic acids is 1. The van der Waals surface area contributed by atoms with E-state index in [1.165, 1.54) is 0 Å². The summed E-state index contributed by atoms with van der Waals surface area (Å²) in [5, 5.41) is 13.1. The van der Waals surface area contributed by atoms with E-state index in [1.807, 2.05) is 0 Å². The number of anilines is 1. The number of rotatable bonds is 3. The van der Waals surface area contributed by atoms with E-state index in [2.05, 4.69) is 5.32 Å². The van der Waals surface area contributed by atoms with Gasteiger partial charge in [-0.3, -0.25) is 9.59 Å². The molecular formula is C16H19ClN2O4. The summed E-state index contributed by atoms with van der Waals surface area (Å²) in [6.45, 7) is 1.30. The third kappa shape index (κ3) is 2.66. The van der Waals surface area contributed by atoms with Gasteiger partial charge in [0.1, 0.15) is 5.41 Å². The van der Waals surface area contributed by atoms with Gasteiger partial charge in [0.15, 0.2) is 0 Å². The number of ether oxygens (including phenoxy) is 1. The molecule has 7 heteroatoms. The molecule has 0 bridgehead atoms. The van der Waals surface area contributed by atoms with Crippen molar-refractivity contribution in [1.82, 2.24) is 4.90 Å². The Labute approximate surface area is 139 Å². The predicted octanol–water partition coefficient (Wildman–Crippen LogP) is 1.94. The Morgan fingerprint density at radius 2 is 2.26 bits per heavy atom. The SMILES string of the molecule is CNc1ccc(Cl)cc1C(=O)N1C[C@@H]2CCOC[C@]2(C(=O)O)C1. The number of hydrogen-bond acceptors (Lipinski definition) is 4. The van der Waals surface area contributed by atoms with Crippen molar-refractivity contribution in [2.24, 2.45) is 11.3 Å². The third-order valence-corrected chi connectivity index (χ3v) is 5.10. The summed E-state index contributed by atoms with van der Waals surface area (Å²) in [4.78, 5) is 26.3. The monoisotopic (exact) mass is 338 g/mol. The van der Waals surface area contributed by atoms with E-state index < -0.39 is 11.4 Å². The number of nitrogens with one attached hydrogen (secondary N) is 1. The van der Waals surface area contributed by atoms with Gasteiger partial charge in [-0.2, -0.15) is 0 Å². The molecule has 124 valence electrons. The Hall–Kier alpha value is -1.79. The highest BCUT2D eigenvalue weighted by molar-refractivity contribution is 6.31. The molecule has 1 aromatic carbocycles. The maximum Gasteiger partial charge on any atom is 0.314 e. The summed E-state index contributed by atoms with van der Waals surface area (Å²) in [6.07, 6.45) is 0.657. The molecule has 2 atom stereocenters. The van der Waals surface area contributed by atoms with Crippen LogP contribution in [0.2, 0.25) is 5.02 Å². The van der Waals surface area contributed by atoms with Crippen molar-refractivity contribution in [1.29, 1.82) is 0 Å². The van der Waals surface area contributed by atoms with Gasteiger partial charge in [0.2, 0.25) is 0 Å². The minimum atomic E-state index is -0.994. The molecule has 2 fully saturated rings. The third-order valence-electron chi connectivity index (χ3n) is 4.86. The Kier molecular flexibility index (Phi) is 4.21. The number of fused-ring (bicyclic) bond motifs is 1. The fourth-order valence-corrected chi connectivity index (χ4v) is 3.70. The van der Waals surface area contributed by atoms with E-state index in [-0.39, 0.29) is 25.0 Å². The van der Waals surface area contributed by atoms with E-state index in [0.29, 0.717) is 35.8 Å². The zero-order chi connectivity index (χ0) is 16.6. The van der Waals surface area contributed by atoms with Crippen molar-refractivity contribution in [2.75, 3.05) is 38.7 Å². The van der Waals surface area contributed by atoms with E-state index in [0.717, 1.165) is 0 Å². The van der Waals surface area contributed by atoms with Crippen LogP contribution in [0.3, 0.4) is 0 Å². The molecule has 2 saturated heterocycles. The molecule has 2 aliphatic heterocycles. The van der Waals surface area contributed by atoms with Gasteiger partial charge in [-0.05, 0) is 30.5 Å². The lowest BCUT2D eigenvalue weighted by atomic mass is 9.76. The molecule has 0 spiro atoms. The number of halogens is 1. The summed E-state index contributed by atoms with van der Waals surface area (Å²) in [5.41, 5.74) is 0.141. The van der Waals surface area contributed by atoms with Crippen LogP contribution in [-0.2, 0) is 9.53 Å². The van der Waals surface area contributed by atoms with Gasteiger partial charge in [-0.15, -0.1) is 0 Å². The normalized spacial score (nSPS) is 26.7. The molecule has 6 nitrogen and oxygen atoms in total. The van der Waals surface area contributed by atoms with Crippen LogP contribution < -0.4 is 5.32 Å². The van der Waals surface area contributed by atoms with Crippen LogP contribution >= 0.6 is 11.6 Å². The number of nitrogens with zero attached hydrogens (tertiary/aromatic N) is 1. The summed E-state index contributed by atoms with van der Waals surface area (Å²) >= 11 is 6.01. The van der Waals surface area contributed by atoms with Gasteiger partial charge >= 0.3 is 5.97 Å². The topological polar surface area (TPSA) is 78.9 Å². The number of carboxylic acids is 1. The number of carboxylic acid groups (broad SMARTS) is 1. The predicted molar refractivity (Wildman–Crippen MR) is 85.9 cm³/mol. The Morgan fingerprint density at radius 1 is 1.48 bits per heavy atom.